The standard InChI is InChI=1S/C12H16F2N2.ClH/c13-11-3-10(4-12(14)5-11)8-16-2-1-9(6-15)7-16;/h3-5,9H,1-2,6-8,15H2;1H. The van der Waals surface area contributed by atoms with Gasteiger partial charge in [0, 0.05) is 19.2 Å². The minimum Gasteiger partial charge on any atom is -0.330 e. The fourth-order valence-corrected chi connectivity index (χ4v) is 2.21. The molecule has 1 aromatic rings. The molecule has 1 unspecified atom stereocenters. The lowest BCUT2D eigenvalue weighted by Gasteiger charge is -2.15. The maximum absolute atomic E-state index is 13.0. The Morgan fingerprint density at radius 1 is 1.24 bits per heavy atom. The van der Waals surface area contributed by atoms with Crippen LogP contribution in [0, 0.1) is 17.6 Å². The van der Waals surface area contributed by atoms with Crippen LogP contribution in [0.25, 0.3) is 0 Å². The van der Waals surface area contributed by atoms with Crippen LogP contribution in [0.15, 0.2) is 18.2 Å². The van der Waals surface area contributed by atoms with Gasteiger partial charge in [-0.3, -0.25) is 4.90 Å². The first-order valence-corrected chi connectivity index (χ1v) is 5.55. The second-order valence-corrected chi connectivity index (χ2v) is 4.40. The van der Waals surface area contributed by atoms with Gasteiger partial charge in [-0.2, -0.15) is 0 Å². The Labute approximate surface area is 106 Å². The Kier molecular flexibility index (Phi) is 5.31. The molecule has 0 aliphatic carbocycles. The maximum Gasteiger partial charge on any atom is 0.126 e. The normalized spacial score (nSPS) is 20.3. The second-order valence-electron chi connectivity index (χ2n) is 4.40. The summed E-state index contributed by atoms with van der Waals surface area (Å²) in [6.45, 7) is 3.17. The fourth-order valence-electron chi connectivity index (χ4n) is 2.21. The van der Waals surface area contributed by atoms with Crippen molar-refractivity contribution in [2.45, 2.75) is 13.0 Å². The molecule has 0 amide bonds. The van der Waals surface area contributed by atoms with E-state index in [-0.39, 0.29) is 12.4 Å². The summed E-state index contributed by atoms with van der Waals surface area (Å²) in [5.41, 5.74) is 6.28. The van der Waals surface area contributed by atoms with Gasteiger partial charge >= 0.3 is 0 Å². The Morgan fingerprint density at radius 3 is 2.41 bits per heavy atom. The Bertz CT molecular complexity index is 353. The third-order valence-electron chi connectivity index (χ3n) is 3.03. The molecule has 1 aliphatic rings. The van der Waals surface area contributed by atoms with E-state index in [4.69, 9.17) is 5.73 Å². The van der Waals surface area contributed by atoms with E-state index < -0.39 is 11.6 Å². The van der Waals surface area contributed by atoms with E-state index in [0.717, 1.165) is 25.6 Å². The highest BCUT2D eigenvalue weighted by Gasteiger charge is 2.21. The van der Waals surface area contributed by atoms with Crippen LogP contribution in [0.3, 0.4) is 0 Å². The summed E-state index contributed by atoms with van der Waals surface area (Å²) in [5.74, 6) is -0.493. The molecule has 17 heavy (non-hydrogen) atoms. The largest absolute Gasteiger partial charge is 0.330 e. The number of rotatable bonds is 3. The third kappa shape index (κ3) is 3.91. The monoisotopic (exact) mass is 262 g/mol. The summed E-state index contributed by atoms with van der Waals surface area (Å²) in [6, 6.07) is 3.67. The van der Waals surface area contributed by atoms with E-state index in [1.807, 2.05) is 0 Å². The smallest absolute Gasteiger partial charge is 0.126 e. The lowest BCUT2D eigenvalue weighted by Crippen LogP contribution is -2.22. The first-order valence-electron chi connectivity index (χ1n) is 5.55. The predicted molar refractivity (Wildman–Crippen MR) is 66.0 cm³/mol. The zero-order chi connectivity index (χ0) is 11.5. The minimum atomic E-state index is -0.510. The summed E-state index contributed by atoms with van der Waals surface area (Å²) in [6.07, 6.45) is 1.08. The number of nitrogens with two attached hydrogens (primary N) is 1. The lowest BCUT2D eigenvalue weighted by molar-refractivity contribution is 0.317. The van der Waals surface area contributed by atoms with Crippen molar-refractivity contribution >= 4 is 12.4 Å². The van der Waals surface area contributed by atoms with Crippen molar-refractivity contribution in [3.05, 3.63) is 35.4 Å². The van der Waals surface area contributed by atoms with Crippen molar-refractivity contribution in [2.24, 2.45) is 11.7 Å². The highest BCUT2D eigenvalue weighted by molar-refractivity contribution is 5.85. The topological polar surface area (TPSA) is 29.3 Å². The maximum atomic E-state index is 13.0. The molecule has 2 nitrogen and oxygen atoms in total. The van der Waals surface area contributed by atoms with Crippen molar-refractivity contribution in [2.75, 3.05) is 19.6 Å². The Hall–Kier alpha value is -0.710. The molecular weight excluding hydrogens is 246 g/mol. The van der Waals surface area contributed by atoms with Crippen molar-refractivity contribution in [1.82, 2.24) is 4.90 Å². The quantitative estimate of drug-likeness (QED) is 0.905. The molecule has 0 saturated carbocycles. The molecule has 1 aromatic carbocycles. The van der Waals surface area contributed by atoms with Crippen LogP contribution in [0.2, 0.25) is 0 Å². The molecule has 0 radical (unpaired) electrons. The highest BCUT2D eigenvalue weighted by Crippen LogP contribution is 2.18. The molecule has 1 fully saturated rings. The molecule has 2 N–H and O–H groups in total. The van der Waals surface area contributed by atoms with E-state index in [0.29, 0.717) is 24.6 Å². The molecular formula is C12H17ClF2N2. The summed E-state index contributed by atoms with van der Waals surface area (Å²) in [7, 11) is 0. The second kappa shape index (κ2) is 6.28. The van der Waals surface area contributed by atoms with Gasteiger partial charge in [-0.25, -0.2) is 8.78 Å². The van der Waals surface area contributed by atoms with Gasteiger partial charge in [-0.05, 0) is 43.1 Å². The van der Waals surface area contributed by atoms with Gasteiger partial charge in [-0.1, -0.05) is 0 Å². The van der Waals surface area contributed by atoms with Crippen LogP contribution in [0.4, 0.5) is 8.78 Å². The first kappa shape index (κ1) is 14.4. The minimum absolute atomic E-state index is 0. The van der Waals surface area contributed by atoms with Crippen LogP contribution in [-0.2, 0) is 6.54 Å². The van der Waals surface area contributed by atoms with Crippen molar-refractivity contribution in [3.63, 3.8) is 0 Å². The van der Waals surface area contributed by atoms with Crippen LogP contribution in [-0.4, -0.2) is 24.5 Å². The number of benzene rings is 1. The van der Waals surface area contributed by atoms with Crippen LogP contribution in [0.1, 0.15) is 12.0 Å². The van der Waals surface area contributed by atoms with E-state index in [9.17, 15) is 8.78 Å². The predicted octanol–water partition coefficient (Wildman–Crippen LogP) is 2.17. The van der Waals surface area contributed by atoms with E-state index in [2.05, 4.69) is 4.90 Å². The average Bonchev–Trinajstić information content (AvgIpc) is 2.64. The van der Waals surface area contributed by atoms with Crippen LogP contribution < -0.4 is 5.73 Å². The third-order valence-corrected chi connectivity index (χ3v) is 3.03. The molecule has 2 rings (SSSR count). The van der Waals surface area contributed by atoms with Gasteiger partial charge in [0.2, 0.25) is 0 Å². The highest BCUT2D eigenvalue weighted by atomic mass is 35.5. The molecule has 0 aromatic heterocycles. The molecule has 0 spiro atoms. The summed E-state index contributed by atoms with van der Waals surface area (Å²) in [4.78, 5) is 2.19. The zero-order valence-electron chi connectivity index (χ0n) is 9.53. The summed E-state index contributed by atoms with van der Waals surface area (Å²) < 4.78 is 25.9. The summed E-state index contributed by atoms with van der Waals surface area (Å²) >= 11 is 0. The average molecular weight is 263 g/mol. The molecule has 1 heterocycles. The van der Waals surface area contributed by atoms with E-state index >= 15 is 0 Å². The lowest BCUT2D eigenvalue weighted by atomic mass is 10.1. The zero-order valence-corrected chi connectivity index (χ0v) is 10.4. The molecule has 0 bridgehead atoms. The van der Waals surface area contributed by atoms with E-state index in [1.54, 1.807) is 0 Å². The molecule has 96 valence electrons. The molecule has 1 aliphatic heterocycles. The molecule has 5 heteroatoms. The number of hydrogen-bond donors (Lipinski definition) is 1. The fraction of sp³-hybridized carbons (Fsp3) is 0.500. The van der Waals surface area contributed by atoms with E-state index in [1.165, 1.54) is 12.1 Å². The first-order chi connectivity index (χ1) is 7.67. The number of halogens is 3. The Morgan fingerprint density at radius 2 is 1.88 bits per heavy atom. The molecule has 1 saturated heterocycles. The van der Waals surface area contributed by atoms with Gasteiger partial charge in [-0.15, -0.1) is 12.4 Å². The molecule has 1 atom stereocenters. The summed E-state index contributed by atoms with van der Waals surface area (Å²) in [5, 5.41) is 0. The van der Waals surface area contributed by atoms with Crippen molar-refractivity contribution in [3.8, 4) is 0 Å². The van der Waals surface area contributed by atoms with Crippen molar-refractivity contribution < 1.29 is 8.78 Å². The van der Waals surface area contributed by atoms with Crippen molar-refractivity contribution in [1.29, 1.82) is 0 Å². The number of likely N-dealkylation sites (tertiary alicyclic amines) is 1. The van der Waals surface area contributed by atoms with Gasteiger partial charge in [0.1, 0.15) is 11.6 Å². The Balaban J connectivity index is 0.00000144. The number of hydrogen-bond acceptors (Lipinski definition) is 2. The van der Waals surface area contributed by atoms with Crippen LogP contribution in [0.5, 0.6) is 0 Å². The van der Waals surface area contributed by atoms with Gasteiger partial charge in [0.25, 0.3) is 0 Å². The number of nitrogens with zero attached hydrogens (tertiary/aromatic N) is 1. The van der Waals surface area contributed by atoms with Crippen LogP contribution >= 0.6 is 12.4 Å². The van der Waals surface area contributed by atoms with Gasteiger partial charge in [0.05, 0.1) is 0 Å². The van der Waals surface area contributed by atoms with Gasteiger partial charge < -0.3 is 5.73 Å². The van der Waals surface area contributed by atoms with Gasteiger partial charge in [0.15, 0.2) is 0 Å². The SMILES string of the molecule is Cl.NCC1CCN(Cc2cc(F)cc(F)c2)C1.